The highest BCUT2D eigenvalue weighted by molar-refractivity contribution is 7.98. The van der Waals surface area contributed by atoms with Gasteiger partial charge < -0.3 is 9.47 Å². The molecule has 7 nitrogen and oxygen atoms in total. The summed E-state index contributed by atoms with van der Waals surface area (Å²) in [5.74, 6) is 2.64. The van der Waals surface area contributed by atoms with Crippen molar-refractivity contribution in [2.75, 3.05) is 19.6 Å². The highest BCUT2D eigenvalue weighted by atomic mass is 32.2. The number of hydrazone groups is 1. The number of H-pyrrole nitrogens is 1. The number of hydrogen-bond acceptors (Lipinski definition) is 7. The van der Waals surface area contributed by atoms with Crippen molar-refractivity contribution in [3.05, 3.63) is 58.1 Å². The van der Waals surface area contributed by atoms with Crippen LogP contribution in [0.5, 0.6) is 11.5 Å². The van der Waals surface area contributed by atoms with E-state index in [2.05, 4.69) is 58.6 Å². The van der Waals surface area contributed by atoms with Gasteiger partial charge in [-0.1, -0.05) is 29.5 Å². The van der Waals surface area contributed by atoms with Crippen molar-refractivity contribution in [1.29, 1.82) is 0 Å². The Bertz CT molecular complexity index is 993. The van der Waals surface area contributed by atoms with E-state index < -0.39 is 0 Å². The summed E-state index contributed by atoms with van der Waals surface area (Å²) in [5.41, 5.74) is 8.93. The zero-order valence-corrected chi connectivity index (χ0v) is 18.1. The molecule has 0 spiro atoms. The molecule has 0 aliphatic carbocycles. The summed E-state index contributed by atoms with van der Waals surface area (Å²) in [6.45, 7) is 6.40. The topological polar surface area (TPSA) is 84.4 Å². The SMILES string of the molecule is COc1ccc(/C=N\Nc2nc(SCc3c(C)cc(C)cc3C)n[nH]2)cc1OC. The number of benzene rings is 2. The molecule has 3 aromatic rings. The molecule has 3 rings (SSSR count). The number of anilines is 1. The number of nitrogens with zero attached hydrogens (tertiary/aromatic N) is 3. The second kappa shape index (κ2) is 9.47. The summed E-state index contributed by atoms with van der Waals surface area (Å²) in [6, 6.07) is 9.98. The van der Waals surface area contributed by atoms with E-state index in [4.69, 9.17) is 9.47 Å². The van der Waals surface area contributed by atoms with Crippen LogP contribution in [0.25, 0.3) is 0 Å². The molecule has 0 radical (unpaired) electrons. The van der Waals surface area contributed by atoms with Crippen molar-refractivity contribution in [3.63, 3.8) is 0 Å². The van der Waals surface area contributed by atoms with Crippen LogP contribution < -0.4 is 14.9 Å². The summed E-state index contributed by atoms with van der Waals surface area (Å²) < 4.78 is 10.5. The molecule has 0 bridgehead atoms. The first-order valence-corrected chi connectivity index (χ1v) is 10.1. The summed E-state index contributed by atoms with van der Waals surface area (Å²) in [6.07, 6.45) is 1.68. The third-order valence-corrected chi connectivity index (χ3v) is 5.32. The van der Waals surface area contributed by atoms with Crippen LogP contribution in [0.4, 0.5) is 5.95 Å². The Labute approximate surface area is 174 Å². The molecule has 8 heteroatoms. The van der Waals surface area contributed by atoms with Crippen LogP contribution in [0.3, 0.4) is 0 Å². The average Bonchev–Trinajstić information content (AvgIpc) is 3.14. The Morgan fingerprint density at radius 2 is 1.79 bits per heavy atom. The number of aromatic nitrogens is 3. The predicted octanol–water partition coefficient (Wildman–Crippen LogP) is 4.49. The molecular weight excluding hydrogens is 386 g/mol. The molecule has 152 valence electrons. The fourth-order valence-electron chi connectivity index (χ4n) is 3.04. The van der Waals surface area contributed by atoms with Crippen LogP contribution in [0.2, 0.25) is 0 Å². The van der Waals surface area contributed by atoms with Crippen LogP contribution in [0.1, 0.15) is 27.8 Å². The maximum absolute atomic E-state index is 5.29. The molecule has 29 heavy (non-hydrogen) atoms. The molecule has 0 unspecified atom stereocenters. The molecule has 2 N–H and O–H groups in total. The second-order valence-electron chi connectivity index (χ2n) is 6.62. The second-order valence-corrected chi connectivity index (χ2v) is 7.56. The molecule has 2 aromatic carbocycles. The minimum atomic E-state index is 0.488. The molecule has 0 aliphatic heterocycles. The van der Waals surface area contributed by atoms with Crippen molar-refractivity contribution >= 4 is 23.9 Å². The van der Waals surface area contributed by atoms with E-state index in [-0.39, 0.29) is 0 Å². The molecule has 0 fully saturated rings. The summed E-state index contributed by atoms with van der Waals surface area (Å²) in [5, 5.41) is 12.0. The summed E-state index contributed by atoms with van der Waals surface area (Å²) >= 11 is 1.59. The highest BCUT2D eigenvalue weighted by Crippen LogP contribution is 2.27. The van der Waals surface area contributed by atoms with Gasteiger partial charge in [-0.2, -0.15) is 10.1 Å². The molecule has 0 amide bonds. The first kappa shape index (κ1) is 20.7. The van der Waals surface area contributed by atoms with Gasteiger partial charge in [0, 0.05) is 5.75 Å². The van der Waals surface area contributed by atoms with Crippen molar-refractivity contribution in [1.82, 2.24) is 15.2 Å². The Morgan fingerprint density at radius 1 is 1.07 bits per heavy atom. The van der Waals surface area contributed by atoms with E-state index in [1.165, 1.54) is 22.3 Å². The number of ether oxygens (including phenoxy) is 2. The average molecular weight is 412 g/mol. The van der Waals surface area contributed by atoms with Gasteiger partial charge in [0.15, 0.2) is 11.5 Å². The van der Waals surface area contributed by atoms with Gasteiger partial charge in [0.1, 0.15) is 0 Å². The van der Waals surface area contributed by atoms with E-state index in [1.54, 1.807) is 32.2 Å². The molecule has 0 atom stereocenters. The van der Waals surface area contributed by atoms with Gasteiger partial charge in [-0.25, -0.2) is 10.5 Å². The van der Waals surface area contributed by atoms with Gasteiger partial charge in [-0.05, 0) is 61.2 Å². The van der Waals surface area contributed by atoms with E-state index in [0.29, 0.717) is 22.6 Å². The maximum atomic E-state index is 5.29. The quantitative estimate of drug-likeness (QED) is 0.323. The number of rotatable bonds is 8. The summed E-state index contributed by atoms with van der Waals surface area (Å²) in [7, 11) is 3.21. The molecule has 0 aliphatic rings. The fourth-order valence-corrected chi connectivity index (χ4v) is 4.03. The van der Waals surface area contributed by atoms with Crippen LogP contribution >= 0.6 is 11.8 Å². The van der Waals surface area contributed by atoms with Gasteiger partial charge in [-0.15, -0.1) is 5.10 Å². The van der Waals surface area contributed by atoms with Crippen molar-refractivity contribution in [2.24, 2.45) is 5.10 Å². The number of thioether (sulfide) groups is 1. The van der Waals surface area contributed by atoms with Crippen LogP contribution in [0, 0.1) is 20.8 Å². The highest BCUT2D eigenvalue weighted by Gasteiger charge is 2.08. The zero-order valence-electron chi connectivity index (χ0n) is 17.2. The van der Waals surface area contributed by atoms with Crippen molar-refractivity contribution < 1.29 is 9.47 Å². The summed E-state index contributed by atoms with van der Waals surface area (Å²) in [4.78, 5) is 4.42. The van der Waals surface area contributed by atoms with Gasteiger partial charge in [-0.3, -0.25) is 0 Å². The van der Waals surface area contributed by atoms with E-state index in [1.807, 2.05) is 18.2 Å². The lowest BCUT2D eigenvalue weighted by Gasteiger charge is -2.09. The lowest BCUT2D eigenvalue weighted by Crippen LogP contribution is -1.95. The monoisotopic (exact) mass is 411 g/mol. The smallest absolute Gasteiger partial charge is 0.240 e. The standard InChI is InChI=1S/C21H25N5O2S/c1-13-8-14(2)17(15(3)9-13)12-29-21-23-20(25-26-21)24-22-11-16-6-7-18(27-4)19(10-16)28-5/h6-11H,12H2,1-5H3,(H2,23,24,25,26)/b22-11-. The third-order valence-electron chi connectivity index (χ3n) is 4.44. The zero-order chi connectivity index (χ0) is 20.8. The third kappa shape index (κ3) is 5.29. The van der Waals surface area contributed by atoms with Crippen LogP contribution in [-0.2, 0) is 5.75 Å². The number of hydrogen-bond donors (Lipinski definition) is 2. The molecule has 1 aromatic heterocycles. The first-order valence-electron chi connectivity index (χ1n) is 9.13. The minimum Gasteiger partial charge on any atom is -0.493 e. The normalized spacial score (nSPS) is 11.1. The van der Waals surface area contributed by atoms with Gasteiger partial charge in [0.2, 0.25) is 11.1 Å². The van der Waals surface area contributed by atoms with E-state index in [0.717, 1.165) is 11.3 Å². The van der Waals surface area contributed by atoms with Gasteiger partial charge >= 0.3 is 0 Å². The van der Waals surface area contributed by atoms with Crippen LogP contribution in [-0.4, -0.2) is 35.6 Å². The lowest BCUT2D eigenvalue weighted by atomic mass is 10.0. The Hall–Kier alpha value is -3.00. The molecular formula is C21H25N5O2S. The number of methoxy groups -OCH3 is 2. The fraction of sp³-hybridized carbons (Fsp3) is 0.286. The predicted molar refractivity (Wildman–Crippen MR) is 117 cm³/mol. The lowest BCUT2D eigenvalue weighted by molar-refractivity contribution is 0.355. The first-order chi connectivity index (χ1) is 14.0. The molecule has 0 saturated carbocycles. The Balaban J connectivity index is 1.59. The Kier molecular flexibility index (Phi) is 6.77. The van der Waals surface area contributed by atoms with E-state index in [9.17, 15) is 0 Å². The van der Waals surface area contributed by atoms with Gasteiger partial charge in [0.25, 0.3) is 0 Å². The number of nitrogens with one attached hydrogen (secondary N) is 2. The maximum Gasteiger partial charge on any atom is 0.240 e. The van der Waals surface area contributed by atoms with Crippen LogP contribution in [0.15, 0.2) is 40.6 Å². The molecule has 1 heterocycles. The van der Waals surface area contributed by atoms with E-state index >= 15 is 0 Å². The minimum absolute atomic E-state index is 0.488. The number of aryl methyl sites for hydroxylation is 3. The molecule has 0 saturated heterocycles. The number of aromatic amines is 1. The van der Waals surface area contributed by atoms with Gasteiger partial charge in [0.05, 0.1) is 20.4 Å². The van der Waals surface area contributed by atoms with Crippen molar-refractivity contribution in [2.45, 2.75) is 31.7 Å². The largest absolute Gasteiger partial charge is 0.493 e. The van der Waals surface area contributed by atoms with Crippen molar-refractivity contribution in [3.8, 4) is 11.5 Å². The Morgan fingerprint density at radius 3 is 2.48 bits per heavy atom.